The molecular weight excluding hydrogens is 418 g/mol. The summed E-state index contributed by atoms with van der Waals surface area (Å²) in [5.41, 5.74) is 3.55. The summed E-state index contributed by atoms with van der Waals surface area (Å²) >= 11 is 6.11. The van der Waals surface area contributed by atoms with Crippen LogP contribution in [-0.4, -0.2) is 28.1 Å². The molecule has 0 fully saturated rings. The highest BCUT2D eigenvalue weighted by molar-refractivity contribution is 6.30. The summed E-state index contributed by atoms with van der Waals surface area (Å²) in [5.74, 6) is 1.43. The van der Waals surface area contributed by atoms with Crippen LogP contribution >= 0.6 is 11.6 Å². The van der Waals surface area contributed by atoms with Crippen LogP contribution in [0.4, 0.5) is 0 Å². The summed E-state index contributed by atoms with van der Waals surface area (Å²) in [6.07, 6.45) is 9.51. The van der Waals surface area contributed by atoms with Crippen molar-refractivity contribution in [3.05, 3.63) is 70.5 Å². The minimum atomic E-state index is 0.617. The molecule has 0 radical (unpaired) electrons. The number of rotatable bonds is 14. The van der Waals surface area contributed by atoms with Gasteiger partial charge in [0.15, 0.2) is 5.82 Å². The molecule has 0 atom stereocenters. The third-order valence-corrected chi connectivity index (χ3v) is 6.12. The molecule has 1 heterocycles. The monoisotopic (exact) mass is 453 g/mol. The Morgan fingerprint density at radius 1 is 0.875 bits per heavy atom. The minimum absolute atomic E-state index is 0.617. The predicted molar refractivity (Wildman–Crippen MR) is 133 cm³/mol. The number of aryl methyl sites for hydroxylation is 1. The summed E-state index contributed by atoms with van der Waals surface area (Å²) in [5, 5.41) is 4.97. The lowest BCUT2D eigenvalue weighted by Crippen LogP contribution is -2.25. The van der Waals surface area contributed by atoms with E-state index < -0.39 is 0 Å². The maximum absolute atomic E-state index is 6.11. The molecule has 0 saturated heterocycles. The van der Waals surface area contributed by atoms with Crippen molar-refractivity contribution in [1.82, 2.24) is 15.0 Å². The van der Waals surface area contributed by atoms with Crippen LogP contribution < -0.4 is 0 Å². The number of likely N-dealkylation sites (N-methyl/N-ethyl adjacent to an activating group) is 1. The van der Waals surface area contributed by atoms with Crippen LogP contribution in [0, 0.1) is 0 Å². The molecule has 2 aromatic carbocycles. The molecule has 0 bridgehead atoms. The first kappa shape index (κ1) is 24.5. The van der Waals surface area contributed by atoms with Gasteiger partial charge >= 0.3 is 0 Å². The van der Waals surface area contributed by atoms with E-state index in [9.17, 15) is 0 Å². The van der Waals surface area contributed by atoms with Crippen molar-refractivity contribution in [3.8, 4) is 11.5 Å². The van der Waals surface area contributed by atoms with Gasteiger partial charge in [0.2, 0.25) is 0 Å². The van der Waals surface area contributed by atoms with Gasteiger partial charge in [-0.2, -0.15) is 4.98 Å². The second-order valence-electron chi connectivity index (χ2n) is 8.48. The molecule has 5 heteroatoms. The van der Waals surface area contributed by atoms with Crippen molar-refractivity contribution in [2.75, 3.05) is 13.1 Å². The first-order valence-electron chi connectivity index (χ1n) is 12.1. The van der Waals surface area contributed by atoms with E-state index in [1.807, 2.05) is 12.1 Å². The number of hydrogen-bond donors (Lipinski definition) is 0. The summed E-state index contributed by atoms with van der Waals surface area (Å²) in [6, 6.07) is 16.6. The second kappa shape index (κ2) is 13.4. The molecule has 172 valence electrons. The van der Waals surface area contributed by atoms with Crippen molar-refractivity contribution in [2.45, 2.75) is 71.8 Å². The molecule has 0 amide bonds. The molecule has 0 N–H and O–H groups in total. The van der Waals surface area contributed by atoms with Crippen LogP contribution in [0.15, 0.2) is 53.1 Å². The zero-order valence-corrected chi connectivity index (χ0v) is 20.3. The Hall–Kier alpha value is -2.17. The van der Waals surface area contributed by atoms with Gasteiger partial charge in [0.1, 0.15) is 0 Å². The molecule has 0 unspecified atom stereocenters. The lowest BCUT2D eigenvalue weighted by atomic mass is 10.1. The molecule has 0 saturated carbocycles. The highest BCUT2D eigenvalue weighted by Crippen LogP contribution is 2.20. The summed E-state index contributed by atoms with van der Waals surface area (Å²) in [7, 11) is 0. The van der Waals surface area contributed by atoms with Crippen molar-refractivity contribution in [2.24, 2.45) is 0 Å². The first-order chi connectivity index (χ1) is 15.7. The standard InChI is InChI=1S/C27H36ClN3O/c1-3-5-6-7-8-9-13-26-29-27(32-30-26)24-16-14-23(15-17-24)21-31(4-2)19-18-22-11-10-12-25(28)20-22/h10-12,14-17,20H,3-9,13,18-19,21H2,1-2H3. The largest absolute Gasteiger partial charge is 0.334 e. The van der Waals surface area contributed by atoms with Crippen molar-refractivity contribution < 1.29 is 4.52 Å². The maximum Gasteiger partial charge on any atom is 0.257 e. The van der Waals surface area contributed by atoms with E-state index in [1.165, 1.54) is 43.2 Å². The predicted octanol–water partition coefficient (Wildman–Crippen LogP) is 7.36. The van der Waals surface area contributed by atoms with Gasteiger partial charge in [0.05, 0.1) is 0 Å². The fourth-order valence-electron chi connectivity index (χ4n) is 3.88. The number of hydrogen-bond acceptors (Lipinski definition) is 4. The molecule has 0 aliphatic heterocycles. The lowest BCUT2D eigenvalue weighted by Gasteiger charge is -2.20. The quantitative estimate of drug-likeness (QED) is 0.239. The average Bonchev–Trinajstić information content (AvgIpc) is 3.28. The van der Waals surface area contributed by atoms with E-state index in [2.05, 4.69) is 65.3 Å². The van der Waals surface area contributed by atoms with Gasteiger partial charge in [-0.15, -0.1) is 0 Å². The molecule has 0 aliphatic carbocycles. The van der Waals surface area contributed by atoms with E-state index in [-0.39, 0.29) is 0 Å². The third-order valence-electron chi connectivity index (χ3n) is 5.88. The fourth-order valence-corrected chi connectivity index (χ4v) is 4.09. The number of benzene rings is 2. The van der Waals surface area contributed by atoms with Gasteiger partial charge in [-0.05, 0) is 54.8 Å². The highest BCUT2D eigenvalue weighted by atomic mass is 35.5. The van der Waals surface area contributed by atoms with Crippen LogP contribution in [0.1, 0.15) is 69.3 Å². The van der Waals surface area contributed by atoms with Gasteiger partial charge in [-0.1, -0.05) is 87.0 Å². The molecule has 3 rings (SSSR count). The zero-order valence-electron chi connectivity index (χ0n) is 19.5. The Labute approximate surface area is 198 Å². The SMILES string of the molecule is CCCCCCCCc1noc(-c2ccc(CN(CC)CCc3cccc(Cl)c3)cc2)n1. The molecular formula is C27H36ClN3O. The van der Waals surface area contributed by atoms with E-state index in [4.69, 9.17) is 16.1 Å². The Balaban J connectivity index is 1.47. The zero-order chi connectivity index (χ0) is 22.6. The second-order valence-corrected chi connectivity index (χ2v) is 8.92. The van der Waals surface area contributed by atoms with Crippen molar-refractivity contribution in [1.29, 1.82) is 0 Å². The third kappa shape index (κ3) is 8.07. The maximum atomic E-state index is 6.11. The highest BCUT2D eigenvalue weighted by Gasteiger charge is 2.10. The van der Waals surface area contributed by atoms with Crippen LogP contribution in [0.2, 0.25) is 5.02 Å². The first-order valence-corrected chi connectivity index (χ1v) is 12.4. The average molecular weight is 454 g/mol. The Morgan fingerprint density at radius 3 is 2.41 bits per heavy atom. The summed E-state index contributed by atoms with van der Waals surface area (Å²) < 4.78 is 5.50. The van der Waals surface area contributed by atoms with Crippen LogP contribution in [-0.2, 0) is 19.4 Å². The number of aromatic nitrogens is 2. The van der Waals surface area contributed by atoms with E-state index in [1.54, 1.807) is 0 Å². The van der Waals surface area contributed by atoms with Crippen molar-refractivity contribution in [3.63, 3.8) is 0 Å². The lowest BCUT2D eigenvalue weighted by molar-refractivity contribution is 0.283. The van der Waals surface area contributed by atoms with Gasteiger partial charge in [-0.3, -0.25) is 4.90 Å². The molecule has 3 aromatic rings. The Bertz CT molecular complexity index is 923. The topological polar surface area (TPSA) is 42.2 Å². The van der Waals surface area contributed by atoms with Gasteiger partial charge < -0.3 is 4.52 Å². The van der Waals surface area contributed by atoms with Crippen LogP contribution in [0.5, 0.6) is 0 Å². The number of unbranched alkanes of at least 4 members (excludes halogenated alkanes) is 5. The molecule has 32 heavy (non-hydrogen) atoms. The van der Waals surface area contributed by atoms with E-state index in [0.717, 1.165) is 55.3 Å². The smallest absolute Gasteiger partial charge is 0.257 e. The fraction of sp³-hybridized carbons (Fsp3) is 0.481. The van der Waals surface area contributed by atoms with Crippen LogP contribution in [0.3, 0.4) is 0 Å². The van der Waals surface area contributed by atoms with Gasteiger partial charge in [0.25, 0.3) is 5.89 Å². The minimum Gasteiger partial charge on any atom is -0.334 e. The number of halogens is 1. The number of nitrogens with zero attached hydrogens (tertiary/aromatic N) is 3. The molecule has 0 spiro atoms. The molecule has 1 aromatic heterocycles. The van der Waals surface area contributed by atoms with Gasteiger partial charge in [-0.25, -0.2) is 0 Å². The Kier molecular flexibility index (Phi) is 10.2. The molecule has 0 aliphatic rings. The van der Waals surface area contributed by atoms with Crippen molar-refractivity contribution >= 4 is 11.6 Å². The Morgan fingerprint density at radius 2 is 1.66 bits per heavy atom. The van der Waals surface area contributed by atoms with E-state index in [0.29, 0.717) is 5.89 Å². The van der Waals surface area contributed by atoms with Crippen LogP contribution in [0.25, 0.3) is 11.5 Å². The molecule has 4 nitrogen and oxygen atoms in total. The summed E-state index contributed by atoms with van der Waals surface area (Å²) in [4.78, 5) is 7.04. The van der Waals surface area contributed by atoms with E-state index >= 15 is 0 Å². The summed E-state index contributed by atoms with van der Waals surface area (Å²) in [6.45, 7) is 7.38. The van der Waals surface area contributed by atoms with Gasteiger partial charge in [0, 0.05) is 30.1 Å². The normalized spacial score (nSPS) is 11.4.